The number of rotatable bonds is 4. The van der Waals surface area contributed by atoms with Crippen LogP contribution in [0.15, 0.2) is 30.4 Å². The van der Waals surface area contributed by atoms with Gasteiger partial charge < -0.3 is 20.4 Å². The van der Waals surface area contributed by atoms with Gasteiger partial charge in [0.05, 0.1) is 5.56 Å². The van der Waals surface area contributed by atoms with Crippen molar-refractivity contribution in [2.45, 2.75) is 13.3 Å². The second-order valence-electron chi connectivity index (χ2n) is 3.58. The summed E-state index contributed by atoms with van der Waals surface area (Å²) < 4.78 is 0. The van der Waals surface area contributed by atoms with Gasteiger partial charge in [-0.1, -0.05) is 24.3 Å². The Kier molecular flexibility index (Phi) is 4.37. The van der Waals surface area contributed by atoms with Gasteiger partial charge in [0, 0.05) is 5.56 Å². The summed E-state index contributed by atoms with van der Waals surface area (Å²) >= 11 is 0. The van der Waals surface area contributed by atoms with E-state index in [2.05, 4.69) is 0 Å². The number of carboxylic acid groups (broad SMARTS) is 1. The highest BCUT2D eigenvalue weighted by Gasteiger charge is 2.19. The molecule has 0 fully saturated rings. The normalized spacial score (nSPS) is 11.4. The maximum atomic E-state index is 11.0. The first-order valence-corrected chi connectivity index (χ1v) is 5.27. The molecule has 5 nitrogen and oxygen atoms in total. The summed E-state index contributed by atoms with van der Waals surface area (Å²) in [5, 5.41) is 37.2. The van der Waals surface area contributed by atoms with E-state index >= 15 is 0 Å². The van der Waals surface area contributed by atoms with E-state index in [9.17, 15) is 20.1 Å². The van der Waals surface area contributed by atoms with Gasteiger partial charge in [-0.15, -0.1) is 0 Å². The molecule has 1 rings (SSSR count). The Morgan fingerprint density at radius 1 is 1.22 bits per heavy atom. The van der Waals surface area contributed by atoms with Crippen molar-refractivity contribution in [2.75, 3.05) is 0 Å². The summed E-state index contributed by atoms with van der Waals surface area (Å²) in [5.74, 6) is -3.27. The molecule has 5 heteroatoms. The van der Waals surface area contributed by atoms with Crippen molar-refractivity contribution in [3.8, 4) is 17.2 Å². The van der Waals surface area contributed by atoms with E-state index in [0.717, 1.165) is 6.07 Å². The van der Waals surface area contributed by atoms with Crippen LogP contribution in [0.4, 0.5) is 0 Å². The fraction of sp³-hybridized carbons (Fsp3) is 0.154. The van der Waals surface area contributed by atoms with Crippen LogP contribution in [-0.4, -0.2) is 26.4 Å². The number of allylic oxidation sites excluding steroid dienone is 4. The molecule has 0 unspecified atom stereocenters. The number of carbonyl (C=O) groups is 1. The van der Waals surface area contributed by atoms with Crippen molar-refractivity contribution >= 4 is 5.97 Å². The van der Waals surface area contributed by atoms with Gasteiger partial charge in [-0.2, -0.15) is 0 Å². The molecular formula is C13H14O5. The molecule has 96 valence electrons. The lowest BCUT2D eigenvalue weighted by atomic mass is 10.0. The van der Waals surface area contributed by atoms with Gasteiger partial charge in [0.15, 0.2) is 11.5 Å². The van der Waals surface area contributed by atoms with E-state index in [1.165, 1.54) is 0 Å². The van der Waals surface area contributed by atoms with E-state index < -0.39 is 23.2 Å². The molecule has 0 aliphatic heterocycles. The number of benzene rings is 1. The first kappa shape index (κ1) is 13.6. The lowest BCUT2D eigenvalue weighted by Gasteiger charge is -2.09. The van der Waals surface area contributed by atoms with Crippen LogP contribution in [0.25, 0.3) is 0 Å². The molecule has 0 amide bonds. The number of phenolic OH excluding ortho intramolecular Hbond substituents is 3. The molecule has 0 atom stereocenters. The Hall–Kier alpha value is -2.43. The summed E-state index contributed by atoms with van der Waals surface area (Å²) in [6, 6.07) is 0.913. The Morgan fingerprint density at radius 3 is 2.44 bits per heavy atom. The summed E-state index contributed by atoms with van der Waals surface area (Å²) in [5.41, 5.74) is -0.188. The minimum absolute atomic E-state index is 0.0542. The number of carboxylic acids is 1. The van der Waals surface area contributed by atoms with E-state index in [1.54, 1.807) is 24.3 Å². The fourth-order valence-corrected chi connectivity index (χ4v) is 1.46. The Bertz CT molecular complexity index is 515. The second kappa shape index (κ2) is 5.77. The maximum absolute atomic E-state index is 11.0. The molecule has 4 N–H and O–H groups in total. The number of hydrogen-bond acceptors (Lipinski definition) is 4. The third-order valence-corrected chi connectivity index (χ3v) is 2.35. The Labute approximate surface area is 104 Å². The van der Waals surface area contributed by atoms with Gasteiger partial charge in [-0.3, -0.25) is 0 Å². The average molecular weight is 250 g/mol. The fourth-order valence-electron chi connectivity index (χ4n) is 1.46. The highest BCUT2D eigenvalue weighted by Crippen LogP contribution is 2.39. The third kappa shape index (κ3) is 2.82. The van der Waals surface area contributed by atoms with Crippen molar-refractivity contribution in [2.24, 2.45) is 0 Å². The van der Waals surface area contributed by atoms with Crippen LogP contribution >= 0.6 is 0 Å². The summed E-state index contributed by atoms with van der Waals surface area (Å²) in [4.78, 5) is 11.0. The molecule has 0 aliphatic rings. The molecule has 0 heterocycles. The zero-order chi connectivity index (χ0) is 13.7. The van der Waals surface area contributed by atoms with Crippen LogP contribution in [0.2, 0.25) is 0 Å². The summed E-state index contributed by atoms with van der Waals surface area (Å²) in [6.07, 6.45) is 7.00. The van der Waals surface area contributed by atoms with Gasteiger partial charge in [-0.05, 0) is 19.4 Å². The smallest absolute Gasteiger partial charge is 0.336 e. The molecule has 18 heavy (non-hydrogen) atoms. The van der Waals surface area contributed by atoms with Gasteiger partial charge in [-0.25, -0.2) is 4.79 Å². The Balaban J connectivity index is 3.23. The van der Waals surface area contributed by atoms with Crippen LogP contribution in [0.3, 0.4) is 0 Å². The molecule has 0 saturated heterocycles. The summed E-state index contributed by atoms with van der Waals surface area (Å²) in [7, 11) is 0. The predicted octanol–water partition coefficient (Wildman–Crippen LogP) is 2.18. The van der Waals surface area contributed by atoms with E-state index in [-0.39, 0.29) is 17.5 Å². The van der Waals surface area contributed by atoms with Gasteiger partial charge in [0.1, 0.15) is 0 Å². The monoisotopic (exact) mass is 250 g/mol. The van der Waals surface area contributed by atoms with Crippen molar-refractivity contribution in [3.63, 3.8) is 0 Å². The first-order valence-electron chi connectivity index (χ1n) is 5.27. The van der Waals surface area contributed by atoms with Crippen molar-refractivity contribution in [1.29, 1.82) is 0 Å². The van der Waals surface area contributed by atoms with Crippen LogP contribution in [0.5, 0.6) is 17.2 Å². The minimum atomic E-state index is -1.28. The van der Waals surface area contributed by atoms with Gasteiger partial charge in [0.25, 0.3) is 0 Å². The van der Waals surface area contributed by atoms with Crippen LogP contribution < -0.4 is 0 Å². The number of aromatic hydroxyl groups is 3. The summed E-state index contributed by atoms with van der Waals surface area (Å²) in [6.45, 7) is 1.83. The van der Waals surface area contributed by atoms with E-state index in [0.29, 0.717) is 0 Å². The lowest BCUT2D eigenvalue weighted by molar-refractivity contribution is 0.0694. The van der Waals surface area contributed by atoms with Gasteiger partial charge in [0.2, 0.25) is 5.75 Å². The molecule has 1 aromatic rings. The maximum Gasteiger partial charge on any atom is 0.336 e. The van der Waals surface area contributed by atoms with Crippen LogP contribution in [0, 0.1) is 0 Å². The topological polar surface area (TPSA) is 98.0 Å². The second-order valence-corrected chi connectivity index (χ2v) is 3.58. The molecule has 0 bridgehead atoms. The van der Waals surface area contributed by atoms with Crippen molar-refractivity contribution in [3.05, 3.63) is 41.5 Å². The molecule has 0 spiro atoms. The highest BCUT2D eigenvalue weighted by atomic mass is 16.4. The average Bonchev–Trinajstić information content (AvgIpc) is 2.33. The quantitative estimate of drug-likeness (QED) is 0.485. The molecule has 0 radical (unpaired) electrons. The minimum Gasteiger partial charge on any atom is -0.504 e. The number of aromatic carboxylic acids is 1. The number of hydrogen-bond donors (Lipinski definition) is 4. The van der Waals surface area contributed by atoms with Crippen LogP contribution in [0.1, 0.15) is 22.8 Å². The largest absolute Gasteiger partial charge is 0.504 e. The molecule has 1 aromatic carbocycles. The Morgan fingerprint density at radius 2 is 1.89 bits per heavy atom. The van der Waals surface area contributed by atoms with Crippen LogP contribution in [-0.2, 0) is 6.42 Å². The van der Waals surface area contributed by atoms with Gasteiger partial charge >= 0.3 is 5.97 Å². The zero-order valence-electron chi connectivity index (χ0n) is 9.79. The predicted molar refractivity (Wildman–Crippen MR) is 66.1 cm³/mol. The zero-order valence-corrected chi connectivity index (χ0v) is 9.79. The molecule has 0 aliphatic carbocycles. The standard InChI is InChI=1S/C13H14O5/c1-2-3-4-5-6-8-9(13(17)18)7-10(14)12(16)11(8)15/h2-5,7,14-16H,6H2,1H3,(H,17,18)/b3-2+,5-4+. The van der Waals surface area contributed by atoms with Crippen molar-refractivity contribution < 1.29 is 25.2 Å². The molecule has 0 aromatic heterocycles. The first-order chi connectivity index (χ1) is 8.49. The third-order valence-electron chi connectivity index (χ3n) is 2.35. The SMILES string of the molecule is C/C=C/C=C/Cc1c(C(=O)O)cc(O)c(O)c1O. The molecular weight excluding hydrogens is 236 g/mol. The highest BCUT2D eigenvalue weighted by molar-refractivity contribution is 5.91. The van der Waals surface area contributed by atoms with E-state index in [4.69, 9.17) is 5.11 Å². The molecule has 0 saturated carbocycles. The van der Waals surface area contributed by atoms with E-state index in [1.807, 2.05) is 6.92 Å². The number of phenols is 3. The van der Waals surface area contributed by atoms with Crippen molar-refractivity contribution in [1.82, 2.24) is 0 Å². The lowest BCUT2D eigenvalue weighted by Crippen LogP contribution is -2.02.